The number of rotatable bonds is 4. The van der Waals surface area contributed by atoms with E-state index in [2.05, 4.69) is 4.74 Å². The van der Waals surface area contributed by atoms with E-state index in [1.165, 1.54) is 13.2 Å². The molecule has 0 aromatic heterocycles. The maximum atomic E-state index is 12.2. The van der Waals surface area contributed by atoms with E-state index in [4.69, 9.17) is 9.47 Å². The van der Waals surface area contributed by atoms with Crippen LogP contribution in [0.3, 0.4) is 0 Å². The van der Waals surface area contributed by atoms with Crippen LogP contribution in [0.4, 0.5) is 4.79 Å². The first kappa shape index (κ1) is 20.6. The molecule has 0 aliphatic carbocycles. The summed E-state index contributed by atoms with van der Waals surface area (Å²) in [5.41, 5.74) is 2.44. The van der Waals surface area contributed by atoms with Gasteiger partial charge in [-0.1, -0.05) is 18.2 Å². The Morgan fingerprint density at radius 3 is 2.48 bits per heavy atom. The van der Waals surface area contributed by atoms with Gasteiger partial charge in [-0.2, -0.15) is 0 Å². The van der Waals surface area contributed by atoms with Gasteiger partial charge < -0.3 is 19.1 Å². The molecule has 0 N–H and O–H groups in total. The van der Waals surface area contributed by atoms with Gasteiger partial charge in [0.15, 0.2) is 0 Å². The molecule has 6 heteroatoms. The summed E-state index contributed by atoms with van der Waals surface area (Å²) in [5, 5.41) is 0. The summed E-state index contributed by atoms with van der Waals surface area (Å²) >= 11 is 0. The molecule has 0 fully saturated rings. The molecule has 0 unspecified atom stereocenters. The Balaban J connectivity index is 2.13. The van der Waals surface area contributed by atoms with Crippen LogP contribution in [0.25, 0.3) is 11.6 Å². The van der Waals surface area contributed by atoms with Crippen molar-refractivity contribution in [2.75, 3.05) is 27.3 Å². The zero-order valence-corrected chi connectivity index (χ0v) is 16.6. The molecule has 0 radical (unpaired) electrons. The highest BCUT2D eigenvalue weighted by Gasteiger charge is 2.24. The minimum Gasteiger partial charge on any atom is -0.496 e. The fourth-order valence-corrected chi connectivity index (χ4v) is 2.72. The summed E-state index contributed by atoms with van der Waals surface area (Å²) in [6.45, 7) is 6.66. The van der Waals surface area contributed by atoms with E-state index in [9.17, 15) is 9.59 Å². The lowest BCUT2D eigenvalue weighted by atomic mass is 9.97. The smallest absolute Gasteiger partial charge is 0.410 e. The summed E-state index contributed by atoms with van der Waals surface area (Å²) in [6, 6.07) is 5.75. The van der Waals surface area contributed by atoms with Gasteiger partial charge in [-0.05, 0) is 50.5 Å². The van der Waals surface area contributed by atoms with E-state index in [1.807, 2.05) is 45.0 Å². The van der Waals surface area contributed by atoms with Gasteiger partial charge in [-0.3, -0.25) is 0 Å². The molecule has 27 heavy (non-hydrogen) atoms. The predicted octanol–water partition coefficient (Wildman–Crippen LogP) is 3.91. The molecule has 0 bridgehead atoms. The highest BCUT2D eigenvalue weighted by atomic mass is 16.6. The molecule has 1 amide bonds. The van der Waals surface area contributed by atoms with Crippen LogP contribution in [-0.2, 0) is 14.3 Å². The second kappa shape index (κ2) is 8.75. The largest absolute Gasteiger partial charge is 0.496 e. The van der Waals surface area contributed by atoms with Crippen molar-refractivity contribution in [2.45, 2.75) is 32.8 Å². The number of carbonyl (C=O) groups excluding carboxylic acids is 2. The van der Waals surface area contributed by atoms with Gasteiger partial charge in [-0.15, -0.1) is 0 Å². The standard InChI is InChI=1S/C21H27NO5/c1-21(2,3)27-20(24)22-12-10-16(11-13-22)17-8-6-15(14-18(17)25-4)7-9-19(23)26-5/h6-10,14H,11-13H2,1-5H3. The van der Waals surface area contributed by atoms with Crippen LogP contribution in [0.5, 0.6) is 5.75 Å². The lowest BCUT2D eigenvalue weighted by Gasteiger charge is -2.30. The Kier molecular flexibility index (Phi) is 6.66. The van der Waals surface area contributed by atoms with Crippen LogP contribution in [0.15, 0.2) is 30.4 Å². The summed E-state index contributed by atoms with van der Waals surface area (Å²) < 4.78 is 15.5. The zero-order valence-electron chi connectivity index (χ0n) is 16.6. The van der Waals surface area contributed by atoms with Gasteiger partial charge in [0.2, 0.25) is 0 Å². The minimum atomic E-state index is -0.502. The Hall–Kier alpha value is -2.76. The fourth-order valence-electron chi connectivity index (χ4n) is 2.72. The van der Waals surface area contributed by atoms with Crippen molar-refractivity contribution in [1.82, 2.24) is 4.90 Å². The van der Waals surface area contributed by atoms with Gasteiger partial charge >= 0.3 is 12.1 Å². The van der Waals surface area contributed by atoms with Crippen molar-refractivity contribution in [2.24, 2.45) is 0 Å². The number of ether oxygens (including phenoxy) is 3. The number of hydrogen-bond acceptors (Lipinski definition) is 5. The quantitative estimate of drug-likeness (QED) is 0.591. The van der Waals surface area contributed by atoms with Crippen molar-refractivity contribution in [1.29, 1.82) is 0 Å². The molecule has 146 valence electrons. The van der Waals surface area contributed by atoms with E-state index in [0.717, 1.165) is 22.4 Å². The summed E-state index contributed by atoms with van der Waals surface area (Å²) in [7, 11) is 2.95. The van der Waals surface area contributed by atoms with Crippen LogP contribution in [-0.4, -0.2) is 49.9 Å². The average Bonchev–Trinajstić information content (AvgIpc) is 2.64. The first-order valence-corrected chi connectivity index (χ1v) is 8.85. The van der Waals surface area contributed by atoms with Crippen molar-refractivity contribution < 1.29 is 23.8 Å². The summed E-state index contributed by atoms with van der Waals surface area (Å²) in [5.74, 6) is 0.314. The molecule has 1 aromatic rings. The van der Waals surface area contributed by atoms with Crippen LogP contribution in [0, 0.1) is 0 Å². The van der Waals surface area contributed by atoms with Gasteiger partial charge in [0, 0.05) is 24.7 Å². The fraction of sp³-hybridized carbons (Fsp3) is 0.429. The van der Waals surface area contributed by atoms with Crippen LogP contribution >= 0.6 is 0 Å². The number of methoxy groups -OCH3 is 2. The molecule has 1 aromatic carbocycles. The Labute approximate surface area is 160 Å². The number of carbonyl (C=O) groups is 2. The van der Waals surface area contributed by atoms with Crippen molar-refractivity contribution >= 4 is 23.7 Å². The molecule has 6 nitrogen and oxygen atoms in total. The summed E-state index contributed by atoms with van der Waals surface area (Å²) in [4.78, 5) is 25.1. The number of esters is 1. The second-order valence-corrected chi connectivity index (χ2v) is 7.22. The third kappa shape index (κ3) is 5.88. The molecular weight excluding hydrogens is 346 g/mol. The molecule has 1 aliphatic rings. The maximum Gasteiger partial charge on any atom is 0.410 e. The van der Waals surface area contributed by atoms with E-state index >= 15 is 0 Å². The topological polar surface area (TPSA) is 65.1 Å². The van der Waals surface area contributed by atoms with Crippen LogP contribution in [0.2, 0.25) is 0 Å². The van der Waals surface area contributed by atoms with E-state index in [-0.39, 0.29) is 6.09 Å². The van der Waals surface area contributed by atoms with Crippen molar-refractivity contribution in [3.8, 4) is 5.75 Å². The highest BCUT2D eigenvalue weighted by molar-refractivity contribution is 5.87. The van der Waals surface area contributed by atoms with E-state index in [0.29, 0.717) is 19.5 Å². The number of benzene rings is 1. The van der Waals surface area contributed by atoms with Gasteiger partial charge in [0.1, 0.15) is 11.4 Å². The van der Waals surface area contributed by atoms with Gasteiger partial charge in [-0.25, -0.2) is 9.59 Å². The maximum absolute atomic E-state index is 12.2. The molecule has 1 aliphatic heterocycles. The van der Waals surface area contributed by atoms with Gasteiger partial charge in [0.25, 0.3) is 0 Å². The Bertz CT molecular complexity index is 758. The first-order chi connectivity index (χ1) is 12.7. The van der Waals surface area contributed by atoms with Crippen molar-refractivity contribution in [3.05, 3.63) is 41.5 Å². The normalized spacial score (nSPS) is 14.7. The summed E-state index contributed by atoms with van der Waals surface area (Å²) in [6.07, 6.45) is 5.49. The first-order valence-electron chi connectivity index (χ1n) is 8.85. The lowest BCUT2D eigenvalue weighted by molar-refractivity contribution is -0.134. The number of hydrogen-bond donors (Lipinski definition) is 0. The van der Waals surface area contributed by atoms with E-state index in [1.54, 1.807) is 18.1 Å². The third-order valence-electron chi connectivity index (χ3n) is 4.05. The molecule has 0 atom stereocenters. The molecule has 1 heterocycles. The Morgan fingerprint density at radius 2 is 1.93 bits per heavy atom. The van der Waals surface area contributed by atoms with Crippen LogP contribution < -0.4 is 4.74 Å². The number of amides is 1. The molecule has 0 saturated carbocycles. The van der Waals surface area contributed by atoms with Crippen molar-refractivity contribution in [3.63, 3.8) is 0 Å². The monoisotopic (exact) mass is 373 g/mol. The molecular formula is C21H27NO5. The lowest BCUT2D eigenvalue weighted by Crippen LogP contribution is -2.39. The second-order valence-electron chi connectivity index (χ2n) is 7.22. The van der Waals surface area contributed by atoms with E-state index < -0.39 is 11.6 Å². The highest BCUT2D eigenvalue weighted by Crippen LogP contribution is 2.31. The third-order valence-corrected chi connectivity index (χ3v) is 4.05. The average molecular weight is 373 g/mol. The zero-order chi connectivity index (χ0) is 20.0. The molecule has 0 spiro atoms. The Morgan fingerprint density at radius 1 is 1.19 bits per heavy atom. The molecule has 0 saturated heterocycles. The SMILES string of the molecule is COC(=O)C=Cc1ccc(C2=CCN(C(=O)OC(C)(C)C)CC2)c(OC)c1. The van der Waals surface area contributed by atoms with Gasteiger partial charge in [0.05, 0.1) is 14.2 Å². The minimum absolute atomic E-state index is 0.298. The number of nitrogens with zero attached hydrogens (tertiary/aromatic N) is 1. The van der Waals surface area contributed by atoms with Crippen LogP contribution in [0.1, 0.15) is 38.3 Å². The predicted molar refractivity (Wildman–Crippen MR) is 104 cm³/mol. The molecule has 2 rings (SSSR count).